The van der Waals surface area contributed by atoms with Crippen molar-refractivity contribution < 1.29 is 19.1 Å². The van der Waals surface area contributed by atoms with E-state index in [-0.39, 0.29) is 37.1 Å². The molecule has 8 heteroatoms. The molecule has 7 nitrogen and oxygen atoms in total. The van der Waals surface area contributed by atoms with Gasteiger partial charge in [-0.15, -0.1) is 0 Å². The Hall–Kier alpha value is -2.83. The van der Waals surface area contributed by atoms with Crippen LogP contribution in [0.3, 0.4) is 0 Å². The molecule has 1 amide bonds. The van der Waals surface area contributed by atoms with Crippen LogP contribution >= 0.6 is 0 Å². The minimum atomic E-state index is -0.537. The van der Waals surface area contributed by atoms with E-state index in [4.69, 9.17) is 9.47 Å². The van der Waals surface area contributed by atoms with Crippen LogP contribution in [-0.4, -0.2) is 51.4 Å². The summed E-state index contributed by atoms with van der Waals surface area (Å²) in [6.45, 7) is 8.80. The van der Waals surface area contributed by atoms with Crippen molar-refractivity contribution in [2.45, 2.75) is 59.4 Å². The number of amides is 1. The number of carbonyl (C=O) groups excluding carboxylic acids is 2. The maximum absolute atomic E-state index is 12.8. The van der Waals surface area contributed by atoms with Gasteiger partial charge in [-0.3, -0.25) is 0 Å². The second-order valence-electron chi connectivity index (χ2n) is 8.80. The fraction of sp³-hybridized carbons (Fsp3) is 0.444. The van der Waals surface area contributed by atoms with Crippen molar-refractivity contribution in [1.29, 1.82) is 0 Å². The molecule has 35 heavy (non-hydrogen) atoms. The number of rotatable bonds is 12. The summed E-state index contributed by atoms with van der Waals surface area (Å²) < 4.78 is 11.4. The average Bonchev–Trinajstić information content (AvgIpc) is 2.87. The van der Waals surface area contributed by atoms with E-state index in [0.29, 0.717) is 11.3 Å². The summed E-state index contributed by atoms with van der Waals surface area (Å²) in [7, 11) is 0. The van der Waals surface area contributed by atoms with Gasteiger partial charge in [0, 0.05) is 0 Å². The van der Waals surface area contributed by atoms with Crippen LogP contribution in [0.1, 0.15) is 45.2 Å². The summed E-state index contributed by atoms with van der Waals surface area (Å²) in [5.74, 6) is -0.144. The van der Waals surface area contributed by atoms with E-state index in [1.165, 1.54) is 0 Å². The fourth-order valence-corrected chi connectivity index (χ4v) is 3.61. The quantitative estimate of drug-likeness (QED) is 0.181. The number of carbonyl (C=O) groups is 2. The van der Waals surface area contributed by atoms with E-state index in [0.717, 1.165) is 17.5 Å². The molecular weight excluding hydrogens is 509 g/mol. The standard InChI is InChI=1S/C27H36N3O4Se/c1-5-20(4)24(25(31)33-17-21-12-8-6-9-13-21)30-26(35)28-16-23(19(2)3)29-27(32)34-18-22-14-10-7-11-15-22/h6-15,19-20,23-24H,5,16-18H2,1-4H3,(H,28,30)(H,29,32)/t20?,23-,24+/m1/s1. The molecule has 0 aromatic heterocycles. The van der Waals surface area contributed by atoms with Gasteiger partial charge in [0.25, 0.3) is 0 Å². The van der Waals surface area contributed by atoms with Gasteiger partial charge in [0.1, 0.15) is 0 Å². The topological polar surface area (TPSA) is 89.0 Å². The van der Waals surface area contributed by atoms with Crippen LogP contribution in [0.4, 0.5) is 4.79 Å². The molecule has 2 rings (SSSR count). The van der Waals surface area contributed by atoms with Gasteiger partial charge in [-0.25, -0.2) is 0 Å². The average molecular weight is 546 g/mol. The number of aliphatic imine (C=N–C) groups is 1. The third kappa shape index (κ3) is 10.5. The predicted molar refractivity (Wildman–Crippen MR) is 139 cm³/mol. The Bertz CT molecular complexity index is 938. The van der Waals surface area contributed by atoms with Crippen LogP contribution in [0.25, 0.3) is 0 Å². The number of nitrogens with one attached hydrogen (secondary N) is 2. The molecule has 0 saturated heterocycles. The zero-order chi connectivity index (χ0) is 25.6. The molecule has 2 N–H and O–H groups in total. The normalized spacial score (nSPS) is 14.0. The van der Waals surface area contributed by atoms with Gasteiger partial charge < -0.3 is 0 Å². The van der Waals surface area contributed by atoms with Crippen LogP contribution in [0, 0.1) is 11.8 Å². The second-order valence-corrected chi connectivity index (χ2v) is 9.61. The van der Waals surface area contributed by atoms with Gasteiger partial charge in [0.15, 0.2) is 0 Å². The first-order valence-corrected chi connectivity index (χ1v) is 12.8. The summed E-state index contributed by atoms with van der Waals surface area (Å²) in [6, 6.07) is 18.4. The van der Waals surface area contributed by atoms with E-state index in [9.17, 15) is 9.59 Å². The monoisotopic (exact) mass is 546 g/mol. The van der Waals surface area contributed by atoms with Gasteiger partial charge in [-0.2, -0.15) is 0 Å². The van der Waals surface area contributed by atoms with Crippen molar-refractivity contribution in [3.63, 3.8) is 0 Å². The molecule has 0 fully saturated rings. The van der Waals surface area contributed by atoms with Crippen molar-refractivity contribution >= 4 is 32.8 Å². The predicted octanol–water partition coefficient (Wildman–Crippen LogP) is 4.21. The summed E-state index contributed by atoms with van der Waals surface area (Å²) in [4.78, 5) is 29.6. The molecule has 0 saturated carbocycles. The SMILES string of the molecule is CCC(C)[C@H](NC([Se])=NC[C@@H](NC(=O)OCc1ccccc1)C(C)C)C(=O)OCc1ccccc1. The number of esters is 1. The van der Waals surface area contributed by atoms with Crippen LogP contribution < -0.4 is 10.6 Å². The van der Waals surface area contributed by atoms with Crippen molar-refractivity contribution in [1.82, 2.24) is 10.6 Å². The van der Waals surface area contributed by atoms with E-state index in [2.05, 4.69) is 31.6 Å². The van der Waals surface area contributed by atoms with Gasteiger partial charge in [-0.05, 0) is 0 Å². The summed E-state index contributed by atoms with van der Waals surface area (Å²) in [6.07, 6.45) is 0.314. The van der Waals surface area contributed by atoms with Gasteiger partial charge in [0.2, 0.25) is 0 Å². The van der Waals surface area contributed by atoms with Crippen molar-refractivity contribution in [2.75, 3.05) is 6.54 Å². The molecule has 0 bridgehead atoms. The number of hydrogen-bond donors (Lipinski definition) is 2. The second kappa shape index (κ2) is 15.2. The number of amidine groups is 1. The van der Waals surface area contributed by atoms with Gasteiger partial charge in [-0.1, -0.05) is 0 Å². The van der Waals surface area contributed by atoms with Crippen LogP contribution in [0.15, 0.2) is 65.7 Å². The molecule has 1 unspecified atom stereocenters. The Balaban J connectivity index is 1.91. The number of hydrogen-bond acceptors (Lipinski definition) is 5. The number of nitrogens with zero attached hydrogens (tertiary/aromatic N) is 1. The Morgan fingerprint density at radius 1 is 0.886 bits per heavy atom. The third-order valence-electron chi connectivity index (χ3n) is 5.72. The third-order valence-corrected chi connectivity index (χ3v) is 6.24. The van der Waals surface area contributed by atoms with Crippen molar-refractivity contribution in [3.8, 4) is 0 Å². The summed E-state index contributed by atoms with van der Waals surface area (Å²) >= 11 is 2.90. The minimum absolute atomic E-state index is 0.0452. The molecule has 0 heterocycles. The first-order valence-electron chi connectivity index (χ1n) is 12.0. The van der Waals surface area contributed by atoms with Gasteiger partial charge in [0.05, 0.1) is 0 Å². The molecule has 2 aromatic carbocycles. The van der Waals surface area contributed by atoms with Crippen LogP contribution in [-0.2, 0) is 27.5 Å². The molecule has 2 aromatic rings. The maximum atomic E-state index is 12.8. The number of benzene rings is 2. The van der Waals surface area contributed by atoms with Crippen LogP contribution in [0.2, 0.25) is 0 Å². The zero-order valence-electron chi connectivity index (χ0n) is 20.9. The first kappa shape index (κ1) is 28.4. The summed E-state index contributed by atoms with van der Waals surface area (Å²) in [5, 5.41) is 6.06. The number of alkyl carbamates (subject to hydrolysis) is 1. The molecule has 0 spiro atoms. The molecular formula is C27H36N3O4Se. The Labute approximate surface area is 216 Å². The summed E-state index contributed by atoms with van der Waals surface area (Å²) in [5.41, 5.74) is 1.86. The zero-order valence-corrected chi connectivity index (χ0v) is 22.6. The van der Waals surface area contributed by atoms with Crippen molar-refractivity contribution in [2.24, 2.45) is 16.8 Å². The van der Waals surface area contributed by atoms with E-state index < -0.39 is 12.1 Å². The van der Waals surface area contributed by atoms with Crippen molar-refractivity contribution in [3.05, 3.63) is 71.8 Å². The fourth-order valence-electron chi connectivity index (χ4n) is 3.19. The van der Waals surface area contributed by atoms with Gasteiger partial charge >= 0.3 is 217 Å². The molecule has 3 atom stereocenters. The number of ether oxygens (including phenoxy) is 2. The Morgan fingerprint density at radius 3 is 1.94 bits per heavy atom. The van der Waals surface area contributed by atoms with Crippen LogP contribution in [0.5, 0.6) is 0 Å². The Kier molecular flexibility index (Phi) is 12.4. The van der Waals surface area contributed by atoms with E-state index in [1.807, 2.05) is 88.4 Å². The molecule has 0 aliphatic carbocycles. The molecule has 0 aliphatic heterocycles. The first-order chi connectivity index (χ1) is 16.8. The van der Waals surface area contributed by atoms with E-state index in [1.54, 1.807) is 0 Å². The molecule has 0 aliphatic rings. The molecule has 1 radical (unpaired) electrons. The molecule has 189 valence electrons. The van der Waals surface area contributed by atoms with E-state index >= 15 is 0 Å². The Morgan fingerprint density at radius 2 is 1.43 bits per heavy atom.